The van der Waals surface area contributed by atoms with Crippen LogP contribution in [0.3, 0.4) is 0 Å². The summed E-state index contributed by atoms with van der Waals surface area (Å²) in [5.74, 6) is -1.46. The van der Waals surface area contributed by atoms with Gasteiger partial charge in [0.2, 0.25) is 0 Å². The minimum absolute atomic E-state index is 0.0244. The number of allylic oxidation sites excluding steroid dienone is 1. The van der Waals surface area contributed by atoms with Gasteiger partial charge in [-0.15, -0.1) is 11.6 Å². The van der Waals surface area contributed by atoms with Crippen LogP contribution in [0.1, 0.15) is 35.9 Å². The van der Waals surface area contributed by atoms with Crippen molar-refractivity contribution in [3.8, 4) is 5.69 Å². The Labute approximate surface area is 178 Å². The average molecular weight is 433 g/mol. The zero-order valence-electron chi connectivity index (χ0n) is 16.5. The lowest BCUT2D eigenvalue weighted by Crippen LogP contribution is -2.46. The van der Waals surface area contributed by atoms with Crippen LogP contribution in [-0.4, -0.2) is 46.8 Å². The summed E-state index contributed by atoms with van der Waals surface area (Å²) in [5.41, 5.74) is 1.26. The van der Waals surface area contributed by atoms with Crippen LogP contribution in [0.5, 0.6) is 0 Å². The minimum atomic E-state index is -0.997. The Bertz CT molecular complexity index is 986. The third-order valence-electron chi connectivity index (χ3n) is 4.33. The predicted octanol–water partition coefficient (Wildman–Crippen LogP) is 2.46. The second kappa shape index (κ2) is 9.45. The Morgan fingerprint density at radius 1 is 1.13 bits per heavy atom. The number of rotatable bonds is 7. The van der Waals surface area contributed by atoms with Crippen LogP contribution in [0.4, 0.5) is 4.79 Å². The van der Waals surface area contributed by atoms with Gasteiger partial charge in [0.1, 0.15) is 0 Å². The number of para-hydroxylation sites is 1. The first kappa shape index (κ1) is 21.4. The molecule has 1 aliphatic rings. The van der Waals surface area contributed by atoms with E-state index in [9.17, 15) is 14.4 Å². The molecule has 0 spiro atoms. The van der Waals surface area contributed by atoms with Crippen molar-refractivity contribution in [1.29, 1.82) is 0 Å². The van der Waals surface area contributed by atoms with Gasteiger partial charge in [0.25, 0.3) is 0 Å². The summed E-state index contributed by atoms with van der Waals surface area (Å²) in [6.45, 7) is 3.61. The molecule has 2 heterocycles. The van der Waals surface area contributed by atoms with Crippen molar-refractivity contribution < 1.29 is 23.9 Å². The number of carbonyl (C=O) groups excluding carboxylic acids is 3. The number of nitrogens with zero attached hydrogens (tertiary/aromatic N) is 2. The molecule has 2 N–H and O–H groups in total. The van der Waals surface area contributed by atoms with Crippen LogP contribution in [0, 0.1) is 0 Å². The van der Waals surface area contributed by atoms with Gasteiger partial charge in [0.15, 0.2) is 5.69 Å². The molecule has 0 aliphatic carbocycles. The second-order valence-electron chi connectivity index (χ2n) is 6.21. The number of carbonyl (C=O) groups is 3. The van der Waals surface area contributed by atoms with Crippen LogP contribution in [0.2, 0.25) is 0 Å². The van der Waals surface area contributed by atoms with E-state index in [0.717, 1.165) is 0 Å². The fraction of sp³-hybridized carbons (Fsp3) is 0.300. The second-order valence-corrected chi connectivity index (χ2v) is 6.48. The molecular formula is C20H21ClN4O5. The maximum Gasteiger partial charge on any atom is 0.359 e. The van der Waals surface area contributed by atoms with E-state index in [-0.39, 0.29) is 41.6 Å². The fourth-order valence-electron chi connectivity index (χ4n) is 3.08. The molecule has 1 aliphatic heterocycles. The molecule has 9 nitrogen and oxygen atoms in total. The standard InChI is InChI=1S/C20H21ClN4O5/c1-3-29-18(26)15-14(10-21)22-20(28)23-16(15)13-11-25(12-8-6-5-7-9-12)24-17(13)19(27)30-4-2/h5-9,11,16H,3-4,10H2,1-2H3,(H2,22,23,28). The van der Waals surface area contributed by atoms with Gasteiger partial charge in [0, 0.05) is 17.5 Å². The van der Waals surface area contributed by atoms with Gasteiger partial charge in [-0.3, -0.25) is 0 Å². The lowest BCUT2D eigenvalue weighted by atomic mass is 9.95. The Balaban J connectivity index is 2.17. The number of ether oxygens (including phenoxy) is 2. The number of benzene rings is 1. The Morgan fingerprint density at radius 3 is 2.43 bits per heavy atom. The Kier molecular flexibility index (Phi) is 6.73. The van der Waals surface area contributed by atoms with Crippen molar-refractivity contribution in [1.82, 2.24) is 20.4 Å². The van der Waals surface area contributed by atoms with E-state index < -0.39 is 24.0 Å². The van der Waals surface area contributed by atoms with Crippen molar-refractivity contribution in [3.63, 3.8) is 0 Å². The van der Waals surface area contributed by atoms with Gasteiger partial charge in [-0.05, 0) is 26.0 Å². The van der Waals surface area contributed by atoms with Gasteiger partial charge in [-0.1, -0.05) is 18.2 Å². The summed E-state index contributed by atoms with van der Waals surface area (Å²) in [6.07, 6.45) is 1.57. The zero-order valence-corrected chi connectivity index (χ0v) is 17.2. The first-order chi connectivity index (χ1) is 14.5. The van der Waals surface area contributed by atoms with Crippen LogP contribution in [0.25, 0.3) is 5.69 Å². The molecule has 158 valence electrons. The number of hydrogen-bond donors (Lipinski definition) is 2. The highest BCUT2D eigenvalue weighted by Gasteiger charge is 2.37. The molecule has 2 aromatic rings. The van der Waals surface area contributed by atoms with Crippen molar-refractivity contribution in [2.24, 2.45) is 0 Å². The van der Waals surface area contributed by atoms with Crippen molar-refractivity contribution >= 4 is 29.6 Å². The summed E-state index contributed by atoms with van der Waals surface area (Å²) < 4.78 is 11.8. The van der Waals surface area contributed by atoms with E-state index in [0.29, 0.717) is 5.69 Å². The number of esters is 2. The quantitative estimate of drug-likeness (QED) is 0.513. The van der Waals surface area contributed by atoms with E-state index in [1.165, 1.54) is 4.68 Å². The molecule has 1 aromatic heterocycles. The molecule has 10 heteroatoms. The summed E-state index contributed by atoms with van der Waals surface area (Å²) in [7, 11) is 0. The molecule has 1 atom stereocenters. The van der Waals surface area contributed by atoms with E-state index in [1.807, 2.05) is 18.2 Å². The van der Waals surface area contributed by atoms with Crippen molar-refractivity contribution in [2.45, 2.75) is 19.9 Å². The third kappa shape index (κ3) is 4.30. The smallest absolute Gasteiger partial charge is 0.359 e. The van der Waals surface area contributed by atoms with Crippen molar-refractivity contribution in [3.05, 3.63) is 59.1 Å². The molecule has 0 bridgehead atoms. The monoisotopic (exact) mass is 432 g/mol. The molecule has 1 unspecified atom stereocenters. The van der Waals surface area contributed by atoms with Crippen molar-refractivity contribution in [2.75, 3.05) is 19.1 Å². The van der Waals surface area contributed by atoms with Gasteiger partial charge >= 0.3 is 18.0 Å². The number of urea groups is 1. The van der Waals surface area contributed by atoms with Crippen LogP contribution in [-0.2, 0) is 14.3 Å². The SMILES string of the molecule is CCOC(=O)C1=C(CCl)NC(=O)NC1c1cn(-c2ccccc2)nc1C(=O)OCC. The topological polar surface area (TPSA) is 112 Å². The highest BCUT2D eigenvalue weighted by Crippen LogP contribution is 2.31. The molecular weight excluding hydrogens is 412 g/mol. The van der Waals surface area contributed by atoms with E-state index in [2.05, 4.69) is 15.7 Å². The predicted molar refractivity (Wildman–Crippen MR) is 108 cm³/mol. The Morgan fingerprint density at radius 2 is 1.80 bits per heavy atom. The number of aromatic nitrogens is 2. The van der Waals surface area contributed by atoms with Crippen LogP contribution < -0.4 is 10.6 Å². The summed E-state index contributed by atoms with van der Waals surface area (Å²) in [4.78, 5) is 37.5. The average Bonchev–Trinajstić information content (AvgIpc) is 3.19. The molecule has 30 heavy (non-hydrogen) atoms. The molecule has 0 radical (unpaired) electrons. The molecule has 2 amide bonds. The largest absolute Gasteiger partial charge is 0.463 e. The summed E-state index contributed by atoms with van der Waals surface area (Å²) in [6, 6.07) is 7.54. The van der Waals surface area contributed by atoms with E-state index in [1.54, 1.807) is 32.2 Å². The lowest BCUT2D eigenvalue weighted by molar-refractivity contribution is -0.139. The maximum atomic E-state index is 12.7. The molecule has 0 saturated heterocycles. The van der Waals surface area contributed by atoms with E-state index >= 15 is 0 Å². The Hall–Kier alpha value is -3.33. The number of nitrogens with one attached hydrogen (secondary N) is 2. The number of hydrogen-bond acceptors (Lipinski definition) is 6. The van der Waals surface area contributed by atoms with Gasteiger partial charge in [-0.2, -0.15) is 5.10 Å². The number of alkyl halides is 1. The van der Waals surface area contributed by atoms with E-state index in [4.69, 9.17) is 21.1 Å². The van der Waals surface area contributed by atoms with Gasteiger partial charge < -0.3 is 20.1 Å². The first-order valence-electron chi connectivity index (χ1n) is 9.35. The normalized spacial score (nSPS) is 16.0. The zero-order chi connectivity index (χ0) is 21.7. The maximum absolute atomic E-state index is 12.7. The third-order valence-corrected chi connectivity index (χ3v) is 4.59. The summed E-state index contributed by atoms with van der Waals surface area (Å²) in [5, 5.41) is 9.53. The van der Waals surface area contributed by atoms with Crippen LogP contribution >= 0.6 is 11.6 Å². The highest BCUT2D eigenvalue weighted by atomic mass is 35.5. The highest BCUT2D eigenvalue weighted by molar-refractivity contribution is 6.20. The number of halogens is 1. The van der Waals surface area contributed by atoms with Crippen LogP contribution in [0.15, 0.2) is 47.8 Å². The lowest BCUT2D eigenvalue weighted by Gasteiger charge is -2.28. The molecule has 3 rings (SSSR count). The fourth-order valence-corrected chi connectivity index (χ4v) is 3.29. The minimum Gasteiger partial charge on any atom is -0.463 e. The van der Waals surface area contributed by atoms with Gasteiger partial charge in [-0.25, -0.2) is 19.1 Å². The first-order valence-corrected chi connectivity index (χ1v) is 9.89. The molecule has 0 saturated carbocycles. The number of amides is 2. The summed E-state index contributed by atoms with van der Waals surface area (Å²) >= 11 is 5.97. The van der Waals surface area contributed by atoms with Gasteiger partial charge in [0.05, 0.1) is 36.4 Å². The molecule has 1 aromatic carbocycles. The molecule has 0 fully saturated rings.